The van der Waals surface area contributed by atoms with Crippen molar-refractivity contribution in [2.24, 2.45) is 0 Å². The molecule has 3 aliphatic heterocycles. The number of carbonyl (C=O) groups is 2. The third-order valence-electron chi connectivity index (χ3n) is 8.16. The number of likely N-dealkylation sites (tertiary alicyclic amines) is 2. The summed E-state index contributed by atoms with van der Waals surface area (Å²) in [5.41, 5.74) is 1.82. The summed E-state index contributed by atoms with van der Waals surface area (Å²) in [6.07, 6.45) is 2.59. The molecule has 0 saturated carbocycles. The van der Waals surface area contributed by atoms with Crippen LogP contribution in [0, 0.1) is 0 Å². The number of piperazine rings is 1. The summed E-state index contributed by atoms with van der Waals surface area (Å²) in [6.45, 7) is 4.08. The Morgan fingerprint density at radius 3 is 2.31 bits per heavy atom. The highest BCUT2D eigenvalue weighted by Gasteiger charge is 2.57. The van der Waals surface area contributed by atoms with Gasteiger partial charge >= 0.3 is 0 Å². The van der Waals surface area contributed by atoms with E-state index in [1.54, 1.807) is 18.3 Å². The summed E-state index contributed by atoms with van der Waals surface area (Å²) in [7, 11) is 2.12. The molecule has 6 rings (SSSR count). The smallest absolute Gasteiger partial charge is 0.257 e. The molecule has 1 aromatic heterocycles. The van der Waals surface area contributed by atoms with Gasteiger partial charge in [0.2, 0.25) is 0 Å². The first-order valence-electron chi connectivity index (χ1n) is 13.0. The quantitative estimate of drug-likeness (QED) is 0.391. The first-order chi connectivity index (χ1) is 18.8. The molecule has 3 saturated heterocycles. The molecule has 0 radical (unpaired) electrons. The SMILES string of the molecule is CN1CCN(c2ncccc2C(=O)N2CC3(CCN3C(=O)c3cc(Cl)c(Cl)c(Cl)c3)C2)C(c2ccccc2)C1. The van der Waals surface area contributed by atoms with Gasteiger partial charge in [-0.15, -0.1) is 0 Å². The zero-order valence-corrected chi connectivity index (χ0v) is 23.8. The van der Waals surface area contributed by atoms with Crippen molar-refractivity contribution >= 4 is 52.4 Å². The summed E-state index contributed by atoms with van der Waals surface area (Å²) < 4.78 is 0. The predicted molar refractivity (Wildman–Crippen MR) is 154 cm³/mol. The number of anilines is 1. The van der Waals surface area contributed by atoms with E-state index in [1.807, 2.05) is 40.1 Å². The van der Waals surface area contributed by atoms with Gasteiger partial charge in [0.05, 0.1) is 32.2 Å². The molecule has 202 valence electrons. The van der Waals surface area contributed by atoms with E-state index in [0.717, 1.165) is 26.1 Å². The van der Waals surface area contributed by atoms with Crippen molar-refractivity contribution in [3.8, 4) is 0 Å². The van der Waals surface area contributed by atoms with Crippen LogP contribution in [0.5, 0.6) is 0 Å². The van der Waals surface area contributed by atoms with Crippen molar-refractivity contribution in [3.63, 3.8) is 0 Å². The van der Waals surface area contributed by atoms with Crippen molar-refractivity contribution in [2.75, 3.05) is 51.2 Å². The van der Waals surface area contributed by atoms with Crippen LogP contribution in [0.25, 0.3) is 0 Å². The highest BCUT2D eigenvalue weighted by molar-refractivity contribution is 6.48. The number of rotatable bonds is 4. The highest BCUT2D eigenvalue weighted by atomic mass is 35.5. The molecule has 0 bridgehead atoms. The minimum Gasteiger partial charge on any atom is -0.346 e. The van der Waals surface area contributed by atoms with Gasteiger partial charge in [0.25, 0.3) is 11.8 Å². The standard InChI is InChI=1S/C29H28Cl3N5O2/c1-34-12-13-36(24(16-34)19-6-3-2-4-7-19)26-21(8-5-10-33-26)28(39)35-17-29(18-35)9-11-37(29)27(38)20-14-22(30)25(32)23(31)15-20/h2-8,10,14-15,24H,9,11-13,16-18H2,1H3. The second-order valence-corrected chi connectivity index (χ2v) is 11.8. The summed E-state index contributed by atoms with van der Waals surface area (Å²) in [5, 5.41) is 0.722. The molecular weight excluding hydrogens is 557 g/mol. The molecule has 3 fully saturated rings. The van der Waals surface area contributed by atoms with E-state index in [-0.39, 0.29) is 38.5 Å². The second-order valence-electron chi connectivity index (χ2n) is 10.6. The number of pyridine rings is 1. The Morgan fingerprint density at radius 1 is 0.923 bits per heavy atom. The Balaban J connectivity index is 1.21. The Hall–Kier alpha value is -2.84. The van der Waals surface area contributed by atoms with Gasteiger partial charge < -0.3 is 19.6 Å². The van der Waals surface area contributed by atoms with E-state index in [2.05, 4.69) is 29.0 Å². The van der Waals surface area contributed by atoms with Crippen LogP contribution in [-0.4, -0.2) is 83.4 Å². The molecule has 0 N–H and O–H groups in total. The average Bonchev–Trinajstić information content (AvgIpc) is 2.90. The first-order valence-corrected chi connectivity index (χ1v) is 14.1. The summed E-state index contributed by atoms with van der Waals surface area (Å²) in [5.74, 6) is 0.489. The van der Waals surface area contributed by atoms with Crippen molar-refractivity contribution in [1.29, 1.82) is 0 Å². The minimum atomic E-state index is -0.367. The van der Waals surface area contributed by atoms with Gasteiger partial charge in [-0.3, -0.25) is 9.59 Å². The lowest BCUT2D eigenvalue weighted by atomic mass is 9.76. The van der Waals surface area contributed by atoms with E-state index >= 15 is 0 Å². The lowest BCUT2D eigenvalue weighted by Crippen LogP contribution is -2.78. The zero-order valence-electron chi connectivity index (χ0n) is 21.5. The van der Waals surface area contributed by atoms with Crippen LogP contribution in [-0.2, 0) is 0 Å². The van der Waals surface area contributed by atoms with Crippen LogP contribution >= 0.6 is 34.8 Å². The average molecular weight is 585 g/mol. The van der Waals surface area contributed by atoms with Crippen molar-refractivity contribution in [2.45, 2.75) is 18.0 Å². The molecule has 10 heteroatoms. The Bertz CT molecular complexity index is 1410. The number of benzene rings is 2. The maximum atomic E-state index is 13.8. The molecule has 0 aliphatic carbocycles. The molecule has 1 atom stereocenters. The molecular formula is C29H28Cl3N5O2. The van der Waals surface area contributed by atoms with E-state index in [0.29, 0.717) is 36.6 Å². The van der Waals surface area contributed by atoms with E-state index in [1.165, 1.54) is 5.56 Å². The van der Waals surface area contributed by atoms with Gasteiger partial charge in [0, 0.05) is 51.0 Å². The van der Waals surface area contributed by atoms with Crippen molar-refractivity contribution in [1.82, 2.24) is 19.7 Å². The Labute approximate surface area is 242 Å². The van der Waals surface area contributed by atoms with Gasteiger partial charge in [-0.2, -0.15) is 0 Å². The van der Waals surface area contributed by atoms with Crippen LogP contribution in [0.15, 0.2) is 60.8 Å². The normalized spacial score (nSPS) is 20.5. The zero-order chi connectivity index (χ0) is 27.3. The fourth-order valence-electron chi connectivity index (χ4n) is 5.92. The van der Waals surface area contributed by atoms with Crippen LogP contribution in [0.2, 0.25) is 15.1 Å². The van der Waals surface area contributed by atoms with E-state index < -0.39 is 0 Å². The topological polar surface area (TPSA) is 60.0 Å². The van der Waals surface area contributed by atoms with E-state index in [4.69, 9.17) is 39.8 Å². The van der Waals surface area contributed by atoms with Crippen molar-refractivity contribution in [3.05, 3.63) is 92.6 Å². The summed E-state index contributed by atoms with van der Waals surface area (Å²) in [6, 6.07) is 17.2. The highest BCUT2D eigenvalue weighted by Crippen LogP contribution is 2.42. The second kappa shape index (κ2) is 10.3. The number of amides is 2. The van der Waals surface area contributed by atoms with Crippen molar-refractivity contribution < 1.29 is 9.59 Å². The molecule has 3 aliphatic rings. The van der Waals surface area contributed by atoms with Gasteiger partial charge in [-0.25, -0.2) is 4.98 Å². The number of hydrogen-bond acceptors (Lipinski definition) is 5. The van der Waals surface area contributed by atoms with Gasteiger partial charge in [0.15, 0.2) is 0 Å². The van der Waals surface area contributed by atoms with Crippen LogP contribution in [0.1, 0.15) is 38.7 Å². The Morgan fingerprint density at radius 2 is 1.64 bits per heavy atom. The first kappa shape index (κ1) is 26.4. The minimum absolute atomic E-state index is 0.0636. The number of carbonyl (C=O) groups excluding carboxylic acids is 2. The maximum Gasteiger partial charge on any atom is 0.257 e. The molecule has 3 aromatic rings. The molecule has 1 unspecified atom stereocenters. The number of hydrogen-bond donors (Lipinski definition) is 0. The molecule has 1 spiro atoms. The van der Waals surface area contributed by atoms with Crippen LogP contribution in [0.4, 0.5) is 5.82 Å². The molecule has 2 amide bonds. The monoisotopic (exact) mass is 583 g/mol. The van der Waals surface area contributed by atoms with Crippen LogP contribution < -0.4 is 4.90 Å². The third-order valence-corrected chi connectivity index (χ3v) is 9.36. The molecule has 4 heterocycles. The van der Waals surface area contributed by atoms with Gasteiger partial charge in [-0.05, 0) is 43.3 Å². The van der Waals surface area contributed by atoms with Gasteiger partial charge in [-0.1, -0.05) is 65.1 Å². The number of aromatic nitrogens is 1. The Kier molecular flexibility index (Phi) is 6.96. The maximum absolute atomic E-state index is 13.8. The number of nitrogens with zero attached hydrogens (tertiary/aromatic N) is 5. The molecule has 39 heavy (non-hydrogen) atoms. The third kappa shape index (κ3) is 4.65. The fourth-order valence-corrected chi connectivity index (χ4v) is 6.52. The fraction of sp³-hybridized carbons (Fsp3) is 0.345. The van der Waals surface area contributed by atoms with E-state index in [9.17, 15) is 9.59 Å². The number of likely N-dealkylation sites (N-methyl/N-ethyl adjacent to an activating group) is 1. The largest absolute Gasteiger partial charge is 0.346 e. The summed E-state index contributed by atoms with van der Waals surface area (Å²) >= 11 is 18.4. The number of halogens is 3. The lowest BCUT2D eigenvalue weighted by molar-refractivity contribution is -0.0848. The van der Waals surface area contributed by atoms with Crippen LogP contribution in [0.3, 0.4) is 0 Å². The molecule has 2 aromatic carbocycles. The molecule has 7 nitrogen and oxygen atoms in total. The summed E-state index contributed by atoms with van der Waals surface area (Å²) in [4.78, 5) is 40.0. The predicted octanol–water partition coefficient (Wildman–Crippen LogP) is 5.28. The van der Waals surface area contributed by atoms with Gasteiger partial charge in [0.1, 0.15) is 5.82 Å². The lowest BCUT2D eigenvalue weighted by Gasteiger charge is -2.62.